The number of nitrogens with one attached hydrogen (secondary N) is 2. The van der Waals surface area contributed by atoms with Crippen LogP contribution in [0.1, 0.15) is 24.8 Å². The quantitative estimate of drug-likeness (QED) is 0.862. The molecule has 98 valence electrons. The Labute approximate surface area is 107 Å². The van der Waals surface area contributed by atoms with E-state index in [-0.39, 0.29) is 11.7 Å². The highest BCUT2D eigenvalue weighted by Gasteiger charge is 2.16. The monoisotopic (exact) mass is 250 g/mol. The van der Waals surface area contributed by atoms with Crippen LogP contribution in [0.3, 0.4) is 0 Å². The van der Waals surface area contributed by atoms with Crippen LogP contribution in [0.15, 0.2) is 18.2 Å². The zero-order valence-corrected chi connectivity index (χ0v) is 10.6. The van der Waals surface area contributed by atoms with Crippen LogP contribution in [0.2, 0.25) is 0 Å². The van der Waals surface area contributed by atoms with Gasteiger partial charge in [0.25, 0.3) is 0 Å². The summed E-state index contributed by atoms with van der Waals surface area (Å²) >= 11 is 0. The van der Waals surface area contributed by atoms with Crippen molar-refractivity contribution in [2.75, 3.05) is 18.4 Å². The molecule has 4 heteroatoms. The highest BCUT2D eigenvalue weighted by atomic mass is 19.1. The normalized spacial score (nSPS) is 18.9. The predicted molar refractivity (Wildman–Crippen MR) is 70.0 cm³/mol. The van der Waals surface area contributed by atoms with Gasteiger partial charge in [0.05, 0.1) is 0 Å². The second kappa shape index (κ2) is 5.96. The van der Waals surface area contributed by atoms with Crippen LogP contribution in [0, 0.1) is 18.7 Å². The second-order valence-corrected chi connectivity index (χ2v) is 4.90. The lowest BCUT2D eigenvalue weighted by molar-refractivity contribution is -0.116. The maximum atomic E-state index is 13.1. The Morgan fingerprint density at radius 1 is 1.56 bits per heavy atom. The minimum absolute atomic E-state index is 0.0319. The molecule has 0 aromatic heterocycles. The van der Waals surface area contributed by atoms with Gasteiger partial charge in [0.2, 0.25) is 5.91 Å². The summed E-state index contributed by atoms with van der Waals surface area (Å²) < 4.78 is 13.1. The van der Waals surface area contributed by atoms with E-state index in [9.17, 15) is 9.18 Å². The molecule has 1 heterocycles. The molecule has 1 aromatic carbocycles. The number of rotatable bonds is 4. The van der Waals surface area contributed by atoms with E-state index in [1.807, 2.05) is 6.92 Å². The van der Waals surface area contributed by atoms with E-state index in [4.69, 9.17) is 0 Å². The van der Waals surface area contributed by atoms with Gasteiger partial charge in [-0.05, 0) is 56.5 Å². The first-order valence-corrected chi connectivity index (χ1v) is 6.42. The SMILES string of the molecule is Cc1ccc(F)cc1NC(=O)CCC1CCNC1. The van der Waals surface area contributed by atoms with Gasteiger partial charge < -0.3 is 10.6 Å². The van der Waals surface area contributed by atoms with Gasteiger partial charge in [-0.15, -0.1) is 0 Å². The Morgan fingerprint density at radius 2 is 2.39 bits per heavy atom. The van der Waals surface area contributed by atoms with Gasteiger partial charge in [0.15, 0.2) is 0 Å². The summed E-state index contributed by atoms with van der Waals surface area (Å²) in [4.78, 5) is 11.8. The maximum Gasteiger partial charge on any atom is 0.224 e. The molecule has 18 heavy (non-hydrogen) atoms. The van der Waals surface area contributed by atoms with Gasteiger partial charge in [0.1, 0.15) is 5.82 Å². The molecule has 0 saturated carbocycles. The molecule has 1 amide bonds. The Hall–Kier alpha value is -1.42. The molecule has 2 N–H and O–H groups in total. The van der Waals surface area contributed by atoms with Gasteiger partial charge in [-0.1, -0.05) is 6.07 Å². The molecule has 1 aliphatic rings. The van der Waals surface area contributed by atoms with Crippen molar-refractivity contribution < 1.29 is 9.18 Å². The van der Waals surface area contributed by atoms with Crippen molar-refractivity contribution in [3.05, 3.63) is 29.6 Å². The lowest BCUT2D eigenvalue weighted by Gasteiger charge is -2.10. The largest absolute Gasteiger partial charge is 0.326 e. The fourth-order valence-electron chi connectivity index (χ4n) is 2.24. The molecule has 1 aromatic rings. The Balaban J connectivity index is 1.84. The molecular weight excluding hydrogens is 231 g/mol. The number of carbonyl (C=O) groups is 1. The van der Waals surface area contributed by atoms with Crippen LogP contribution in [-0.2, 0) is 4.79 Å². The highest BCUT2D eigenvalue weighted by Crippen LogP contribution is 2.18. The standard InChI is InChI=1S/C14H19FN2O/c1-10-2-4-12(15)8-13(10)17-14(18)5-3-11-6-7-16-9-11/h2,4,8,11,16H,3,5-7,9H2,1H3,(H,17,18). The zero-order valence-electron chi connectivity index (χ0n) is 10.6. The number of benzene rings is 1. The zero-order chi connectivity index (χ0) is 13.0. The number of aryl methyl sites for hydroxylation is 1. The Bertz CT molecular complexity index is 428. The number of amides is 1. The number of hydrogen-bond acceptors (Lipinski definition) is 2. The predicted octanol–water partition coefficient (Wildman–Crippen LogP) is 2.46. The van der Waals surface area contributed by atoms with Crippen molar-refractivity contribution in [1.29, 1.82) is 0 Å². The van der Waals surface area contributed by atoms with Gasteiger partial charge in [-0.25, -0.2) is 4.39 Å². The fourth-order valence-corrected chi connectivity index (χ4v) is 2.24. The van der Waals surface area contributed by atoms with Gasteiger partial charge in [0, 0.05) is 12.1 Å². The van der Waals surface area contributed by atoms with Crippen LogP contribution in [0.5, 0.6) is 0 Å². The third kappa shape index (κ3) is 3.53. The lowest BCUT2D eigenvalue weighted by Crippen LogP contribution is -2.15. The molecule has 1 saturated heterocycles. The van der Waals surface area contributed by atoms with Crippen molar-refractivity contribution in [2.24, 2.45) is 5.92 Å². The molecule has 0 bridgehead atoms. The van der Waals surface area contributed by atoms with Crippen molar-refractivity contribution in [1.82, 2.24) is 5.32 Å². The van der Waals surface area contributed by atoms with E-state index >= 15 is 0 Å². The molecule has 1 atom stereocenters. The topological polar surface area (TPSA) is 41.1 Å². The summed E-state index contributed by atoms with van der Waals surface area (Å²) in [6, 6.07) is 4.44. The first kappa shape index (κ1) is 13.0. The summed E-state index contributed by atoms with van der Waals surface area (Å²) in [5.74, 6) is 0.246. The van der Waals surface area contributed by atoms with Gasteiger partial charge >= 0.3 is 0 Å². The number of halogens is 1. The number of anilines is 1. The third-order valence-electron chi connectivity index (χ3n) is 3.42. The van der Waals surface area contributed by atoms with Crippen molar-refractivity contribution in [3.63, 3.8) is 0 Å². The Kier molecular flexibility index (Phi) is 4.31. The average Bonchev–Trinajstić information content (AvgIpc) is 2.84. The maximum absolute atomic E-state index is 13.1. The molecule has 0 spiro atoms. The summed E-state index contributed by atoms with van der Waals surface area (Å²) in [6.07, 6.45) is 2.54. The molecule has 3 nitrogen and oxygen atoms in total. The Morgan fingerprint density at radius 3 is 3.11 bits per heavy atom. The molecule has 0 aliphatic carbocycles. The van der Waals surface area contributed by atoms with E-state index in [0.717, 1.165) is 31.5 Å². The van der Waals surface area contributed by atoms with Crippen molar-refractivity contribution in [2.45, 2.75) is 26.2 Å². The summed E-state index contributed by atoms with van der Waals surface area (Å²) in [7, 11) is 0. The smallest absolute Gasteiger partial charge is 0.224 e. The van der Waals surface area contributed by atoms with Crippen molar-refractivity contribution in [3.8, 4) is 0 Å². The van der Waals surface area contributed by atoms with E-state index in [2.05, 4.69) is 10.6 Å². The first-order chi connectivity index (χ1) is 8.65. The number of carbonyl (C=O) groups excluding carboxylic acids is 1. The van der Waals surface area contributed by atoms with E-state index in [1.165, 1.54) is 12.1 Å². The minimum atomic E-state index is -0.323. The van der Waals surface area contributed by atoms with Crippen LogP contribution < -0.4 is 10.6 Å². The van der Waals surface area contributed by atoms with Crippen molar-refractivity contribution >= 4 is 11.6 Å². The highest BCUT2D eigenvalue weighted by molar-refractivity contribution is 5.91. The molecular formula is C14H19FN2O. The van der Waals surface area contributed by atoms with E-state index in [0.29, 0.717) is 18.0 Å². The molecule has 1 unspecified atom stereocenters. The van der Waals surface area contributed by atoms with Crippen LogP contribution in [0.4, 0.5) is 10.1 Å². The fraction of sp³-hybridized carbons (Fsp3) is 0.500. The molecule has 1 aliphatic heterocycles. The van der Waals surface area contributed by atoms with Crippen LogP contribution in [-0.4, -0.2) is 19.0 Å². The summed E-state index contributed by atoms with van der Waals surface area (Å²) in [5.41, 5.74) is 1.46. The molecule has 1 fully saturated rings. The average molecular weight is 250 g/mol. The third-order valence-corrected chi connectivity index (χ3v) is 3.42. The minimum Gasteiger partial charge on any atom is -0.326 e. The summed E-state index contributed by atoms with van der Waals surface area (Å²) in [6.45, 7) is 3.91. The van der Waals surface area contributed by atoms with Crippen LogP contribution in [0.25, 0.3) is 0 Å². The molecule has 0 radical (unpaired) electrons. The van der Waals surface area contributed by atoms with E-state index < -0.39 is 0 Å². The van der Waals surface area contributed by atoms with E-state index in [1.54, 1.807) is 6.07 Å². The molecule has 2 rings (SSSR count). The number of hydrogen-bond donors (Lipinski definition) is 2. The lowest BCUT2D eigenvalue weighted by atomic mass is 10.0. The first-order valence-electron chi connectivity index (χ1n) is 6.42. The summed E-state index contributed by atoms with van der Waals surface area (Å²) in [5, 5.41) is 6.06. The second-order valence-electron chi connectivity index (χ2n) is 4.90. The van der Waals surface area contributed by atoms with Gasteiger partial charge in [-0.2, -0.15) is 0 Å². The van der Waals surface area contributed by atoms with Crippen LogP contribution >= 0.6 is 0 Å². The van der Waals surface area contributed by atoms with Gasteiger partial charge in [-0.3, -0.25) is 4.79 Å².